The van der Waals surface area contributed by atoms with E-state index in [9.17, 15) is 18.0 Å². The summed E-state index contributed by atoms with van der Waals surface area (Å²) in [6.45, 7) is 0. The van der Waals surface area contributed by atoms with E-state index in [1.54, 1.807) is 11.4 Å². The summed E-state index contributed by atoms with van der Waals surface area (Å²) in [5.74, 6) is -1.50. The van der Waals surface area contributed by atoms with Gasteiger partial charge in [0.15, 0.2) is 5.13 Å². The number of nitrogens with zero attached hydrogens (tertiary/aromatic N) is 2. The van der Waals surface area contributed by atoms with Gasteiger partial charge in [-0.3, -0.25) is 14.3 Å². The monoisotopic (exact) mass is 528 g/mol. The highest BCUT2D eigenvalue weighted by Gasteiger charge is 2.40. The molecule has 0 unspecified atom stereocenters. The topological polar surface area (TPSA) is 108 Å². The van der Waals surface area contributed by atoms with Gasteiger partial charge in [0.2, 0.25) is 0 Å². The van der Waals surface area contributed by atoms with Crippen LogP contribution in [-0.2, 0) is 19.6 Å². The lowest BCUT2D eigenvalue weighted by Crippen LogP contribution is -2.32. The fraction of sp³-hybridized carbons (Fsp3) is 0. The summed E-state index contributed by atoms with van der Waals surface area (Å²) < 4.78 is 27.2. The number of anilines is 3. The standard InChI is InChI=1S/C19H11Cl3N4O4S2/c20-12-2-1-3-13(14(12)21)26-17(27)15(22)16(18(26)28)24-10-4-6-11(7-5-10)32(29,30)25-19-23-8-9-31-19/h1-9,24H,(H,23,25). The Hall–Kier alpha value is -2.63. The van der Waals surface area contributed by atoms with Gasteiger partial charge in [0.05, 0.1) is 20.6 Å². The summed E-state index contributed by atoms with van der Waals surface area (Å²) in [4.78, 5) is 30.2. The Labute approximate surface area is 201 Å². The summed E-state index contributed by atoms with van der Waals surface area (Å²) in [5, 5.41) is 4.50. The fourth-order valence-corrected chi connectivity index (χ4v) is 5.19. The number of halogens is 3. The third kappa shape index (κ3) is 4.19. The Bertz CT molecular complexity index is 1360. The minimum atomic E-state index is -3.84. The minimum absolute atomic E-state index is 0.0144. The summed E-state index contributed by atoms with van der Waals surface area (Å²) in [7, 11) is -3.84. The average molecular weight is 530 g/mol. The number of rotatable bonds is 6. The molecule has 2 N–H and O–H groups in total. The molecule has 13 heteroatoms. The molecule has 0 fully saturated rings. The number of amides is 2. The molecular formula is C19H11Cl3N4O4S2. The first-order valence-electron chi connectivity index (χ1n) is 8.71. The third-order valence-corrected chi connectivity index (χ3v) is 7.62. The van der Waals surface area contributed by atoms with Gasteiger partial charge in [-0.25, -0.2) is 18.3 Å². The van der Waals surface area contributed by atoms with Gasteiger partial charge in [-0.2, -0.15) is 0 Å². The van der Waals surface area contributed by atoms with Crippen molar-refractivity contribution in [3.63, 3.8) is 0 Å². The molecule has 0 saturated carbocycles. The summed E-state index contributed by atoms with van der Waals surface area (Å²) >= 11 is 19.4. The molecule has 1 aromatic heterocycles. The third-order valence-electron chi connectivity index (χ3n) is 4.29. The number of carbonyl (C=O) groups excluding carboxylic acids is 2. The molecule has 2 amide bonds. The molecule has 1 aliphatic heterocycles. The Morgan fingerprint density at radius 2 is 1.69 bits per heavy atom. The Balaban J connectivity index is 1.56. The second-order valence-electron chi connectivity index (χ2n) is 6.30. The van der Waals surface area contributed by atoms with Crippen LogP contribution in [0.1, 0.15) is 0 Å². The molecule has 2 aromatic carbocycles. The highest BCUT2D eigenvalue weighted by Crippen LogP contribution is 2.37. The normalized spacial score (nSPS) is 14.3. The second kappa shape index (κ2) is 8.72. The highest BCUT2D eigenvalue weighted by molar-refractivity contribution is 7.93. The van der Waals surface area contributed by atoms with Gasteiger partial charge in [0.1, 0.15) is 10.7 Å². The lowest BCUT2D eigenvalue weighted by atomic mass is 10.3. The lowest BCUT2D eigenvalue weighted by Gasteiger charge is -2.17. The molecule has 0 bridgehead atoms. The molecule has 2 heterocycles. The maximum Gasteiger partial charge on any atom is 0.283 e. The van der Waals surface area contributed by atoms with Crippen molar-refractivity contribution in [3.8, 4) is 0 Å². The summed E-state index contributed by atoms with van der Waals surface area (Å²) in [6, 6.07) is 10.1. The van der Waals surface area contributed by atoms with Crippen LogP contribution in [0, 0.1) is 0 Å². The number of nitrogens with one attached hydrogen (secondary N) is 2. The molecule has 32 heavy (non-hydrogen) atoms. The number of aromatic nitrogens is 1. The van der Waals surface area contributed by atoms with Gasteiger partial charge in [0.25, 0.3) is 21.8 Å². The molecule has 8 nitrogen and oxygen atoms in total. The molecule has 0 spiro atoms. The van der Waals surface area contributed by atoms with Gasteiger partial charge in [0, 0.05) is 17.3 Å². The average Bonchev–Trinajstić information content (AvgIpc) is 3.33. The Kier molecular flexibility index (Phi) is 6.15. The molecule has 164 valence electrons. The molecule has 4 rings (SSSR count). The molecule has 0 radical (unpaired) electrons. The molecule has 0 aliphatic carbocycles. The van der Waals surface area contributed by atoms with Gasteiger partial charge < -0.3 is 5.32 Å². The number of imide groups is 1. The number of carbonyl (C=O) groups is 2. The molecule has 1 aliphatic rings. The van der Waals surface area contributed by atoms with Crippen molar-refractivity contribution < 1.29 is 18.0 Å². The van der Waals surface area contributed by atoms with Crippen molar-refractivity contribution in [2.24, 2.45) is 0 Å². The minimum Gasteiger partial charge on any atom is -0.350 e. The maximum absolute atomic E-state index is 12.9. The van der Waals surface area contributed by atoms with Crippen LogP contribution < -0.4 is 14.9 Å². The zero-order valence-electron chi connectivity index (χ0n) is 15.7. The Morgan fingerprint density at radius 3 is 2.34 bits per heavy atom. The van der Waals surface area contributed by atoms with Crippen molar-refractivity contribution in [1.29, 1.82) is 0 Å². The number of sulfonamides is 1. The van der Waals surface area contributed by atoms with E-state index in [1.165, 1.54) is 42.6 Å². The van der Waals surface area contributed by atoms with Crippen LogP contribution in [0.2, 0.25) is 10.0 Å². The van der Waals surface area contributed by atoms with Crippen molar-refractivity contribution in [1.82, 2.24) is 4.98 Å². The van der Waals surface area contributed by atoms with Crippen LogP contribution in [0.4, 0.5) is 16.5 Å². The second-order valence-corrected chi connectivity index (χ2v) is 10.0. The van der Waals surface area contributed by atoms with E-state index in [0.717, 1.165) is 16.2 Å². The SMILES string of the molecule is O=C1C(Cl)=C(Nc2ccc(S(=O)(=O)Nc3nccs3)cc2)C(=O)N1c1cccc(Cl)c1Cl. The van der Waals surface area contributed by atoms with E-state index >= 15 is 0 Å². The number of hydrogen-bond acceptors (Lipinski definition) is 7. The summed E-state index contributed by atoms with van der Waals surface area (Å²) in [6.07, 6.45) is 1.48. The first kappa shape index (κ1) is 22.6. The first-order chi connectivity index (χ1) is 15.2. The smallest absolute Gasteiger partial charge is 0.283 e. The van der Waals surface area contributed by atoms with E-state index in [0.29, 0.717) is 5.69 Å². The lowest BCUT2D eigenvalue weighted by molar-refractivity contribution is -0.120. The van der Waals surface area contributed by atoms with Crippen LogP contribution in [0.15, 0.2) is 69.7 Å². The predicted molar refractivity (Wildman–Crippen MR) is 125 cm³/mol. The number of hydrogen-bond donors (Lipinski definition) is 2. The first-order valence-corrected chi connectivity index (χ1v) is 12.2. The largest absolute Gasteiger partial charge is 0.350 e. The maximum atomic E-state index is 12.9. The molecular weight excluding hydrogens is 519 g/mol. The van der Waals surface area contributed by atoms with E-state index in [2.05, 4.69) is 15.0 Å². The predicted octanol–water partition coefficient (Wildman–Crippen LogP) is 4.69. The molecule has 0 atom stereocenters. The number of thiazole rings is 1. The van der Waals surface area contributed by atoms with E-state index < -0.39 is 21.8 Å². The van der Waals surface area contributed by atoms with Crippen molar-refractivity contribution in [2.45, 2.75) is 4.90 Å². The van der Waals surface area contributed by atoms with Crippen molar-refractivity contribution in [2.75, 3.05) is 14.9 Å². The van der Waals surface area contributed by atoms with Crippen LogP contribution >= 0.6 is 46.1 Å². The zero-order chi connectivity index (χ0) is 23.0. The van der Waals surface area contributed by atoms with Crippen molar-refractivity contribution >= 4 is 84.5 Å². The fourth-order valence-electron chi connectivity index (χ4n) is 2.80. The zero-order valence-corrected chi connectivity index (χ0v) is 19.6. The van der Waals surface area contributed by atoms with Gasteiger partial charge in [-0.1, -0.05) is 40.9 Å². The van der Waals surface area contributed by atoms with Gasteiger partial charge in [-0.05, 0) is 36.4 Å². The van der Waals surface area contributed by atoms with Gasteiger partial charge in [-0.15, -0.1) is 11.3 Å². The van der Waals surface area contributed by atoms with E-state index in [1.807, 2.05) is 0 Å². The van der Waals surface area contributed by atoms with E-state index in [4.69, 9.17) is 34.8 Å². The quantitative estimate of drug-likeness (QED) is 0.449. The number of benzene rings is 2. The summed E-state index contributed by atoms with van der Waals surface area (Å²) in [5.41, 5.74) is 0.259. The van der Waals surface area contributed by atoms with Crippen LogP contribution in [0.3, 0.4) is 0 Å². The van der Waals surface area contributed by atoms with Crippen LogP contribution in [-0.4, -0.2) is 25.2 Å². The van der Waals surface area contributed by atoms with Gasteiger partial charge >= 0.3 is 0 Å². The van der Waals surface area contributed by atoms with Crippen LogP contribution in [0.25, 0.3) is 0 Å². The molecule has 0 saturated heterocycles. The Morgan fingerprint density at radius 1 is 0.969 bits per heavy atom. The highest BCUT2D eigenvalue weighted by atomic mass is 35.5. The molecule has 3 aromatic rings. The van der Waals surface area contributed by atoms with Crippen molar-refractivity contribution in [3.05, 3.63) is 74.8 Å². The van der Waals surface area contributed by atoms with E-state index in [-0.39, 0.29) is 36.5 Å². The van der Waals surface area contributed by atoms with Crippen LogP contribution in [0.5, 0.6) is 0 Å².